The second-order valence-corrected chi connectivity index (χ2v) is 3.80. The Kier molecular flexibility index (Phi) is 4.83. The van der Waals surface area contributed by atoms with Crippen LogP contribution in [0.15, 0.2) is 12.7 Å². The Hall–Kier alpha value is -0.630. The first-order valence-corrected chi connectivity index (χ1v) is 4.49. The van der Waals surface area contributed by atoms with Crippen LogP contribution < -0.4 is 0 Å². The molecule has 2 nitrogen and oxygen atoms in total. The lowest BCUT2D eigenvalue weighted by molar-refractivity contribution is -0.889. The molecule has 12 heavy (non-hydrogen) atoms. The van der Waals surface area contributed by atoms with Gasteiger partial charge in [0.1, 0.15) is 0 Å². The molecule has 0 rings (SSSR count). The van der Waals surface area contributed by atoms with Crippen molar-refractivity contribution in [2.45, 2.75) is 19.8 Å². The highest BCUT2D eigenvalue weighted by Crippen LogP contribution is 2.01. The summed E-state index contributed by atoms with van der Waals surface area (Å²) in [5.74, 6) is 0.150. The smallest absolute Gasteiger partial charge is 0.160 e. The maximum absolute atomic E-state index is 10.9. The van der Waals surface area contributed by atoms with Gasteiger partial charge < -0.3 is 4.48 Å². The zero-order valence-corrected chi connectivity index (χ0v) is 8.47. The number of nitrogens with zero attached hydrogens (tertiary/aromatic N) is 1. The van der Waals surface area contributed by atoms with E-state index in [4.69, 9.17) is 0 Å². The number of quaternary nitrogens is 1. The predicted octanol–water partition coefficient (Wildman–Crippen LogP) is 1.62. The van der Waals surface area contributed by atoms with Gasteiger partial charge in [0.15, 0.2) is 5.78 Å². The largest absolute Gasteiger partial charge is 0.328 e. The Morgan fingerprint density at radius 3 is 2.42 bits per heavy atom. The van der Waals surface area contributed by atoms with Gasteiger partial charge in [0.25, 0.3) is 0 Å². The van der Waals surface area contributed by atoms with Gasteiger partial charge in [0, 0.05) is 0 Å². The van der Waals surface area contributed by atoms with Crippen LogP contribution in [0.25, 0.3) is 0 Å². The maximum Gasteiger partial charge on any atom is 0.160 e. The molecule has 0 aliphatic carbocycles. The molecule has 0 fully saturated rings. The fraction of sp³-hybridized carbons (Fsp3) is 0.700. The minimum Gasteiger partial charge on any atom is -0.328 e. The van der Waals surface area contributed by atoms with Crippen LogP contribution in [0.4, 0.5) is 0 Å². The van der Waals surface area contributed by atoms with E-state index in [-0.39, 0.29) is 5.78 Å². The summed E-state index contributed by atoms with van der Waals surface area (Å²) in [5, 5.41) is 0. The average Bonchev–Trinajstić information content (AvgIpc) is 2.00. The molecule has 0 aromatic heterocycles. The minimum absolute atomic E-state index is 0.150. The van der Waals surface area contributed by atoms with Crippen LogP contribution in [-0.2, 0) is 4.79 Å². The van der Waals surface area contributed by atoms with Crippen LogP contribution in [0, 0.1) is 0 Å². The number of ketones is 1. The molecule has 0 spiro atoms. The van der Waals surface area contributed by atoms with Crippen molar-refractivity contribution in [1.82, 2.24) is 0 Å². The van der Waals surface area contributed by atoms with Crippen molar-refractivity contribution in [2.75, 3.05) is 27.2 Å². The lowest BCUT2D eigenvalue weighted by atomic mass is 10.2. The van der Waals surface area contributed by atoms with Crippen LogP contribution in [0.5, 0.6) is 0 Å². The Balaban J connectivity index is 3.74. The van der Waals surface area contributed by atoms with Gasteiger partial charge in [-0.2, -0.15) is 0 Å². The van der Waals surface area contributed by atoms with Gasteiger partial charge in [0.05, 0.1) is 33.6 Å². The highest BCUT2D eigenvalue weighted by atomic mass is 16.1. The highest BCUT2D eigenvalue weighted by Gasteiger charge is 2.13. The van der Waals surface area contributed by atoms with Crippen molar-refractivity contribution in [3.63, 3.8) is 0 Å². The summed E-state index contributed by atoms with van der Waals surface area (Å²) in [5.41, 5.74) is 0. The standard InChI is InChI=1S/C10H20NO/c1-5-8-11(3,4)9-7-10(12)6-2/h6H,2,5,7-9H2,1,3-4H3/q+1. The molecule has 0 saturated carbocycles. The Morgan fingerprint density at radius 2 is 2.00 bits per heavy atom. The van der Waals surface area contributed by atoms with Crippen LogP contribution in [0.2, 0.25) is 0 Å². The SMILES string of the molecule is C=CC(=O)CC[N+](C)(C)CCC. The molecule has 0 aliphatic rings. The second kappa shape index (κ2) is 5.09. The minimum atomic E-state index is 0.150. The van der Waals surface area contributed by atoms with Crippen molar-refractivity contribution in [3.8, 4) is 0 Å². The van der Waals surface area contributed by atoms with Crippen LogP contribution in [0.3, 0.4) is 0 Å². The zero-order chi connectivity index (χ0) is 9.61. The van der Waals surface area contributed by atoms with Crippen LogP contribution in [0.1, 0.15) is 19.8 Å². The maximum atomic E-state index is 10.9. The van der Waals surface area contributed by atoms with Crippen LogP contribution in [-0.4, -0.2) is 37.5 Å². The van der Waals surface area contributed by atoms with Crippen molar-refractivity contribution in [1.29, 1.82) is 0 Å². The molecule has 70 valence electrons. The molecule has 0 unspecified atom stereocenters. The summed E-state index contributed by atoms with van der Waals surface area (Å²) in [6.07, 6.45) is 3.19. The third kappa shape index (κ3) is 5.08. The Labute approximate surface area is 75.5 Å². The lowest BCUT2D eigenvalue weighted by Crippen LogP contribution is -2.41. The molecule has 0 N–H and O–H groups in total. The van der Waals surface area contributed by atoms with E-state index in [1.807, 2.05) is 0 Å². The van der Waals surface area contributed by atoms with Gasteiger partial charge >= 0.3 is 0 Å². The molecule has 0 aliphatic heterocycles. The molecule has 0 aromatic rings. The van der Waals surface area contributed by atoms with Crippen molar-refractivity contribution in [2.24, 2.45) is 0 Å². The third-order valence-corrected chi connectivity index (χ3v) is 2.02. The van der Waals surface area contributed by atoms with Gasteiger partial charge in [-0.1, -0.05) is 13.5 Å². The normalized spacial score (nSPS) is 11.2. The fourth-order valence-electron chi connectivity index (χ4n) is 1.23. The van der Waals surface area contributed by atoms with Crippen molar-refractivity contribution < 1.29 is 9.28 Å². The number of carbonyl (C=O) groups is 1. The van der Waals surface area contributed by atoms with E-state index >= 15 is 0 Å². The quantitative estimate of drug-likeness (QED) is 0.437. The monoisotopic (exact) mass is 170 g/mol. The number of hydrogen-bond donors (Lipinski definition) is 0. The zero-order valence-electron chi connectivity index (χ0n) is 8.47. The third-order valence-electron chi connectivity index (χ3n) is 2.02. The lowest BCUT2D eigenvalue weighted by Gasteiger charge is -2.28. The molecule has 0 atom stereocenters. The number of carbonyl (C=O) groups excluding carboxylic acids is 1. The van der Waals surface area contributed by atoms with Gasteiger partial charge in [-0.3, -0.25) is 4.79 Å². The van der Waals surface area contributed by atoms with E-state index in [0.29, 0.717) is 6.42 Å². The summed E-state index contributed by atoms with van der Waals surface area (Å²) in [6, 6.07) is 0. The first-order chi connectivity index (χ1) is 5.52. The highest BCUT2D eigenvalue weighted by molar-refractivity contribution is 5.89. The number of allylic oxidation sites excluding steroid dienone is 1. The Morgan fingerprint density at radius 1 is 1.42 bits per heavy atom. The first-order valence-electron chi connectivity index (χ1n) is 4.49. The Bertz CT molecular complexity index is 161. The van der Waals surface area contributed by atoms with Gasteiger partial charge in [0.2, 0.25) is 0 Å². The topological polar surface area (TPSA) is 17.1 Å². The van der Waals surface area contributed by atoms with E-state index in [9.17, 15) is 4.79 Å². The van der Waals surface area contributed by atoms with E-state index in [1.165, 1.54) is 6.08 Å². The van der Waals surface area contributed by atoms with E-state index < -0.39 is 0 Å². The summed E-state index contributed by atoms with van der Waals surface area (Å²) in [7, 11) is 4.31. The van der Waals surface area contributed by atoms with Gasteiger partial charge in [-0.15, -0.1) is 0 Å². The summed E-state index contributed by atoms with van der Waals surface area (Å²) >= 11 is 0. The van der Waals surface area contributed by atoms with E-state index in [1.54, 1.807) is 0 Å². The number of hydrogen-bond acceptors (Lipinski definition) is 1. The average molecular weight is 170 g/mol. The van der Waals surface area contributed by atoms with E-state index in [2.05, 4.69) is 27.6 Å². The predicted molar refractivity (Wildman–Crippen MR) is 52.0 cm³/mol. The molecule has 0 amide bonds. The van der Waals surface area contributed by atoms with Gasteiger partial charge in [-0.25, -0.2) is 0 Å². The van der Waals surface area contributed by atoms with Gasteiger partial charge in [-0.05, 0) is 12.5 Å². The summed E-state index contributed by atoms with van der Waals surface area (Å²) in [4.78, 5) is 10.9. The summed E-state index contributed by atoms with van der Waals surface area (Å²) < 4.78 is 0.927. The molecule has 0 aromatic carbocycles. The summed E-state index contributed by atoms with van der Waals surface area (Å²) in [6.45, 7) is 7.66. The molecule has 2 heteroatoms. The number of rotatable bonds is 6. The molecular formula is C10H20NO+. The van der Waals surface area contributed by atoms with Crippen LogP contribution >= 0.6 is 0 Å². The molecule has 0 radical (unpaired) electrons. The molecule has 0 saturated heterocycles. The fourth-order valence-corrected chi connectivity index (χ4v) is 1.23. The molecule has 0 bridgehead atoms. The second-order valence-electron chi connectivity index (χ2n) is 3.80. The molecule has 0 heterocycles. The van der Waals surface area contributed by atoms with Crippen molar-refractivity contribution in [3.05, 3.63) is 12.7 Å². The van der Waals surface area contributed by atoms with Crippen molar-refractivity contribution >= 4 is 5.78 Å². The van der Waals surface area contributed by atoms with E-state index in [0.717, 1.165) is 24.0 Å². The molecular weight excluding hydrogens is 150 g/mol. The first kappa shape index (κ1) is 11.4.